The fourth-order valence-corrected chi connectivity index (χ4v) is 9.14. The number of halogens is 2. The van der Waals surface area contributed by atoms with E-state index in [4.69, 9.17) is 9.47 Å². The van der Waals surface area contributed by atoms with Crippen LogP contribution in [0, 0.1) is 23.5 Å². The number of rotatable bonds is 6. The van der Waals surface area contributed by atoms with Crippen LogP contribution < -0.4 is 0 Å². The van der Waals surface area contributed by atoms with Crippen LogP contribution in [0.2, 0.25) is 0 Å². The van der Waals surface area contributed by atoms with Crippen molar-refractivity contribution in [2.75, 3.05) is 31.9 Å². The van der Waals surface area contributed by atoms with Gasteiger partial charge in [-0.25, -0.2) is 35.2 Å². The number of hydrogen-bond acceptors (Lipinski definition) is 8. The fourth-order valence-electron chi connectivity index (χ4n) is 5.67. The molecule has 2 aromatic rings. The van der Waals surface area contributed by atoms with Gasteiger partial charge in [-0.3, -0.25) is 0 Å². The van der Waals surface area contributed by atoms with Gasteiger partial charge in [0.25, 0.3) is 0 Å². The Kier molecular flexibility index (Phi) is 16.6. The Bertz CT molecular complexity index is 1660. The molecule has 0 aromatic heterocycles. The van der Waals surface area contributed by atoms with Gasteiger partial charge in [0, 0.05) is 26.2 Å². The summed E-state index contributed by atoms with van der Waals surface area (Å²) in [6.45, 7) is 14.4. The van der Waals surface area contributed by atoms with Crippen LogP contribution in [0.4, 0.5) is 18.4 Å². The van der Waals surface area contributed by atoms with Crippen LogP contribution in [0.3, 0.4) is 0 Å². The van der Waals surface area contributed by atoms with Gasteiger partial charge in [-0.15, -0.1) is 0 Å². The predicted octanol–water partition coefficient (Wildman–Crippen LogP) is 8.15. The van der Waals surface area contributed by atoms with Crippen molar-refractivity contribution >= 4 is 31.9 Å². The van der Waals surface area contributed by atoms with E-state index in [0.717, 1.165) is 12.1 Å². The van der Waals surface area contributed by atoms with E-state index in [0.29, 0.717) is 51.9 Å². The van der Waals surface area contributed by atoms with Gasteiger partial charge in [0.15, 0.2) is 19.7 Å². The normalized spacial score (nSPS) is 16.8. The summed E-state index contributed by atoms with van der Waals surface area (Å²) < 4.78 is 87.5. The highest BCUT2D eigenvalue weighted by Crippen LogP contribution is 2.30. The lowest BCUT2D eigenvalue weighted by atomic mass is 9.94. The molecule has 2 heterocycles. The summed E-state index contributed by atoms with van der Waals surface area (Å²) in [6, 6.07) is 10.2. The van der Waals surface area contributed by atoms with Gasteiger partial charge in [-0.2, -0.15) is 0 Å². The van der Waals surface area contributed by atoms with Gasteiger partial charge in [-0.1, -0.05) is 27.0 Å². The maximum Gasteiger partial charge on any atom is 0.410 e. The summed E-state index contributed by atoms with van der Waals surface area (Å²) >= 11 is 0. The van der Waals surface area contributed by atoms with Crippen LogP contribution in [0.1, 0.15) is 89.0 Å². The second-order valence-corrected chi connectivity index (χ2v) is 19.0. The third-order valence-electron chi connectivity index (χ3n) is 8.35. The maximum absolute atomic E-state index is 13.4. The minimum absolute atomic E-state index is 0. The van der Waals surface area contributed by atoms with E-state index in [1.54, 1.807) is 16.7 Å². The first-order chi connectivity index (χ1) is 22.6. The number of nitrogens with zero attached hydrogens (tertiary/aromatic N) is 2. The summed E-state index contributed by atoms with van der Waals surface area (Å²) in [5.41, 5.74) is -1.10. The molecule has 1 unspecified atom stereocenters. The minimum Gasteiger partial charge on any atom is -0.444 e. The number of benzene rings is 2. The van der Waals surface area contributed by atoms with Gasteiger partial charge in [0.05, 0.1) is 20.8 Å². The van der Waals surface area contributed by atoms with Gasteiger partial charge in [0.1, 0.15) is 22.8 Å². The molecule has 2 saturated heterocycles. The number of carbonyl (C=O) groups excluding carboxylic acids is 2. The number of sulfone groups is 2. The molecule has 2 fully saturated rings. The van der Waals surface area contributed by atoms with Crippen LogP contribution in [0.15, 0.2) is 58.3 Å². The molecule has 51 heavy (non-hydrogen) atoms. The first-order valence-corrected chi connectivity index (χ1v) is 19.7. The molecule has 0 radical (unpaired) electrons. The molecule has 290 valence electrons. The number of likely N-dealkylation sites (tertiary alicyclic amines) is 2. The Hall–Kier alpha value is -3.26. The topological polar surface area (TPSA) is 127 Å². The number of hydrogen-bond donors (Lipinski definition) is 0. The molecule has 0 aliphatic carbocycles. The SMILES string of the molecule is C.C.CC(C)(C)OC(=O)N1CCC(CS(=O)(=O)c2cccc(F)c2)CC1.CC(C1CCN(C(=O)OC(C)(C)C)CC1)S(=O)(=O)c1cccc(F)c1. The molecule has 4 rings (SSSR count). The lowest BCUT2D eigenvalue weighted by Crippen LogP contribution is -2.44. The second-order valence-electron chi connectivity index (χ2n) is 14.7. The number of carbonyl (C=O) groups is 2. The van der Waals surface area contributed by atoms with E-state index >= 15 is 0 Å². The van der Waals surface area contributed by atoms with Crippen molar-refractivity contribution in [2.24, 2.45) is 11.8 Å². The van der Waals surface area contributed by atoms with Crippen molar-refractivity contribution in [3.8, 4) is 0 Å². The van der Waals surface area contributed by atoms with Crippen LogP contribution in [-0.2, 0) is 29.1 Å². The summed E-state index contributed by atoms with van der Waals surface area (Å²) in [5, 5.41) is -0.630. The number of ether oxygens (including phenoxy) is 2. The summed E-state index contributed by atoms with van der Waals surface area (Å²) in [6.07, 6.45) is 1.60. The van der Waals surface area contributed by atoms with E-state index in [1.165, 1.54) is 36.4 Å². The Morgan fingerprint density at radius 2 is 1.12 bits per heavy atom. The zero-order valence-electron chi connectivity index (χ0n) is 29.4. The van der Waals surface area contributed by atoms with Crippen molar-refractivity contribution in [3.05, 3.63) is 60.2 Å². The molecule has 10 nitrogen and oxygen atoms in total. The van der Waals surface area contributed by atoms with E-state index in [-0.39, 0.29) is 54.4 Å². The van der Waals surface area contributed by atoms with Crippen molar-refractivity contribution in [1.29, 1.82) is 0 Å². The highest BCUT2D eigenvalue weighted by Gasteiger charge is 2.35. The van der Waals surface area contributed by atoms with E-state index in [1.807, 2.05) is 41.5 Å². The molecule has 0 bridgehead atoms. The average Bonchev–Trinajstić information content (AvgIpc) is 2.99. The Morgan fingerprint density at radius 3 is 1.53 bits per heavy atom. The molecular weight excluding hydrogens is 703 g/mol. The van der Waals surface area contributed by atoms with Crippen molar-refractivity contribution in [1.82, 2.24) is 9.80 Å². The summed E-state index contributed by atoms with van der Waals surface area (Å²) in [5.74, 6) is -1.27. The highest BCUT2D eigenvalue weighted by molar-refractivity contribution is 7.92. The van der Waals surface area contributed by atoms with Crippen LogP contribution in [0.25, 0.3) is 0 Å². The Balaban J connectivity index is 0.000000491. The zero-order chi connectivity index (χ0) is 36.8. The van der Waals surface area contributed by atoms with Crippen molar-refractivity contribution < 1.29 is 44.7 Å². The predicted molar refractivity (Wildman–Crippen MR) is 196 cm³/mol. The molecule has 2 aliphatic rings. The number of piperidine rings is 2. The Morgan fingerprint density at radius 1 is 0.725 bits per heavy atom. The molecule has 0 saturated carbocycles. The minimum atomic E-state index is -3.60. The quantitative estimate of drug-likeness (QED) is 0.289. The standard InChI is InChI=1S/C18H26FNO4S.C17H24FNO4S.2CH4/c1-13(25(22,23)16-7-5-6-15(19)12-16)14-8-10-20(11-9-14)17(21)24-18(2,3)4;1-17(2,3)23-16(20)19-9-7-13(8-10-19)12-24(21,22)15-6-4-5-14(18)11-15;;/h5-7,12-14H,8-11H2,1-4H3;4-6,11,13H,7-10,12H2,1-3H3;2*1H4. The summed E-state index contributed by atoms with van der Waals surface area (Å²) in [4.78, 5) is 27.3. The third-order valence-corrected chi connectivity index (χ3v) is 12.5. The summed E-state index contributed by atoms with van der Waals surface area (Å²) in [7, 11) is -7.13. The Labute approximate surface area is 304 Å². The van der Waals surface area contributed by atoms with E-state index in [9.17, 15) is 35.2 Å². The highest BCUT2D eigenvalue weighted by atomic mass is 32.2. The van der Waals surface area contributed by atoms with Crippen LogP contribution in [-0.4, -0.2) is 87.2 Å². The first kappa shape index (κ1) is 45.8. The molecule has 14 heteroatoms. The van der Waals surface area contributed by atoms with E-state index < -0.39 is 47.8 Å². The van der Waals surface area contributed by atoms with E-state index in [2.05, 4.69) is 0 Å². The third kappa shape index (κ3) is 14.0. The smallest absolute Gasteiger partial charge is 0.410 e. The zero-order valence-corrected chi connectivity index (χ0v) is 31.1. The molecule has 0 spiro atoms. The van der Waals surface area contributed by atoms with Gasteiger partial charge >= 0.3 is 12.2 Å². The molecule has 2 aliphatic heterocycles. The van der Waals surface area contributed by atoms with Crippen LogP contribution in [0.5, 0.6) is 0 Å². The monoisotopic (exact) mass is 760 g/mol. The molecule has 0 N–H and O–H groups in total. The molecular formula is C37H58F2N2O8S2. The fraction of sp³-hybridized carbons (Fsp3) is 0.622. The van der Waals surface area contributed by atoms with Crippen molar-refractivity contribution in [3.63, 3.8) is 0 Å². The second kappa shape index (κ2) is 18.5. The average molecular weight is 761 g/mol. The molecule has 1 atom stereocenters. The lowest BCUT2D eigenvalue weighted by molar-refractivity contribution is 0.0176. The van der Waals surface area contributed by atoms with Gasteiger partial charge in [0.2, 0.25) is 0 Å². The largest absolute Gasteiger partial charge is 0.444 e. The molecule has 2 aromatic carbocycles. The molecule has 2 amide bonds. The number of amides is 2. The first-order valence-electron chi connectivity index (χ1n) is 16.5. The maximum atomic E-state index is 13.4. The van der Waals surface area contributed by atoms with Crippen molar-refractivity contribution in [2.45, 2.75) is 115 Å². The van der Waals surface area contributed by atoms with Crippen LogP contribution >= 0.6 is 0 Å². The lowest BCUT2D eigenvalue weighted by Gasteiger charge is -2.35. The van der Waals surface area contributed by atoms with Gasteiger partial charge in [-0.05, 0) is 122 Å². The van der Waals surface area contributed by atoms with Gasteiger partial charge < -0.3 is 19.3 Å².